The summed E-state index contributed by atoms with van der Waals surface area (Å²) >= 11 is 0. The van der Waals surface area contributed by atoms with E-state index in [1.807, 2.05) is 14.1 Å². The number of benzene rings is 1. The standard InChI is InChI=1S/C12H18F2N2/c1-16(2)8-7-15-6-5-10-3-4-11(13)12(14)9-10/h3-4,9,15H,5-8H2,1-2H3. The third-order valence-electron chi connectivity index (χ3n) is 2.31. The highest BCUT2D eigenvalue weighted by Crippen LogP contribution is 2.08. The van der Waals surface area contributed by atoms with Gasteiger partial charge in [0.05, 0.1) is 0 Å². The maximum atomic E-state index is 12.9. The Hall–Kier alpha value is -1.00. The number of hydrogen-bond acceptors (Lipinski definition) is 2. The van der Waals surface area contributed by atoms with Crippen LogP contribution in [0.4, 0.5) is 8.78 Å². The fourth-order valence-corrected chi connectivity index (χ4v) is 1.36. The largest absolute Gasteiger partial charge is 0.315 e. The van der Waals surface area contributed by atoms with E-state index < -0.39 is 11.6 Å². The van der Waals surface area contributed by atoms with Crippen LogP contribution in [0.2, 0.25) is 0 Å². The Morgan fingerprint density at radius 1 is 1.12 bits per heavy atom. The van der Waals surface area contributed by atoms with Crippen molar-refractivity contribution in [3.05, 3.63) is 35.4 Å². The fraction of sp³-hybridized carbons (Fsp3) is 0.500. The summed E-state index contributed by atoms with van der Waals surface area (Å²) < 4.78 is 25.5. The van der Waals surface area contributed by atoms with Crippen molar-refractivity contribution in [3.8, 4) is 0 Å². The first-order chi connectivity index (χ1) is 7.59. The molecule has 16 heavy (non-hydrogen) atoms. The minimum Gasteiger partial charge on any atom is -0.315 e. The molecule has 0 fully saturated rings. The predicted octanol–water partition coefficient (Wildman–Crippen LogP) is 1.66. The molecule has 0 aliphatic carbocycles. The minimum atomic E-state index is -0.788. The summed E-state index contributed by atoms with van der Waals surface area (Å²) in [6, 6.07) is 4.04. The molecule has 1 rings (SSSR count). The van der Waals surface area contributed by atoms with Gasteiger partial charge in [-0.3, -0.25) is 0 Å². The zero-order chi connectivity index (χ0) is 12.0. The summed E-state index contributed by atoms with van der Waals surface area (Å²) in [4.78, 5) is 2.09. The monoisotopic (exact) mass is 228 g/mol. The molecular weight excluding hydrogens is 210 g/mol. The van der Waals surface area contributed by atoms with Crippen LogP contribution in [0, 0.1) is 11.6 Å². The lowest BCUT2D eigenvalue weighted by Crippen LogP contribution is -2.27. The number of nitrogens with zero attached hydrogens (tertiary/aromatic N) is 1. The van der Waals surface area contributed by atoms with Gasteiger partial charge in [-0.25, -0.2) is 8.78 Å². The Balaban J connectivity index is 2.24. The topological polar surface area (TPSA) is 15.3 Å². The van der Waals surface area contributed by atoms with Crippen LogP contribution in [-0.2, 0) is 6.42 Å². The van der Waals surface area contributed by atoms with Gasteiger partial charge in [-0.2, -0.15) is 0 Å². The molecule has 0 aromatic heterocycles. The molecule has 0 aliphatic rings. The van der Waals surface area contributed by atoms with Crippen LogP contribution in [0.25, 0.3) is 0 Å². The highest BCUT2D eigenvalue weighted by atomic mass is 19.2. The molecule has 0 radical (unpaired) electrons. The molecule has 0 spiro atoms. The van der Waals surface area contributed by atoms with Crippen molar-refractivity contribution in [3.63, 3.8) is 0 Å². The van der Waals surface area contributed by atoms with Gasteiger partial charge in [0.1, 0.15) is 0 Å². The Bertz CT molecular complexity index is 327. The Morgan fingerprint density at radius 3 is 2.50 bits per heavy atom. The molecule has 2 nitrogen and oxygen atoms in total. The minimum absolute atomic E-state index is 0.713. The molecule has 0 heterocycles. The second-order valence-corrected chi connectivity index (χ2v) is 4.05. The molecule has 0 saturated carbocycles. The molecule has 4 heteroatoms. The van der Waals surface area contributed by atoms with Crippen molar-refractivity contribution in [1.82, 2.24) is 10.2 Å². The highest BCUT2D eigenvalue weighted by Gasteiger charge is 2.01. The maximum absolute atomic E-state index is 12.9. The molecule has 0 saturated heterocycles. The van der Waals surface area contributed by atoms with Gasteiger partial charge < -0.3 is 10.2 Å². The van der Waals surface area contributed by atoms with Crippen molar-refractivity contribution in [2.45, 2.75) is 6.42 Å². The van der Waals surface area contributed by atoms with Crippen molar-refractivity contribution in [2.75, 3.05) is 33.7 Å². The molecule has 1 aromatic carbocycles. The molecule has 0 bridgehead atoms. The van der Waals surface area contributed by atoms with Gasteiger partial charge in [0.25, 0.3) is 0 Å². The van der Waals surface area contributed by atoms with Gasteiger partial charge >= 0.3 is 0 Å². The van der Waals surface area contributed by atoms with Crippen LogP contribution in [-0.4, -0.2) is 38.6 Å². The molecule has 0 unspecified atom stereocenters. The fourth-order valence-electron chi connectivity index (χ4n) is 1.36. The Labute approximate surface area is 95.3 Å². The van der Waals surface area contributed by atoms with E-state index in [-0.39, 0.29) is 0 Å². The Morgan fingerprint density at radius 2 is 1.88 bits per heavy atom. The highest BCUT2D eigenvalue weighted by molar-refractivity contribution is 5.17. The van der Waals surface area contributed by atoms with E-state index in [1.165, 1.54) is 12.1 Å². The summed E-state index contributed by atoms with van der Waals surface area (Å²) in [7, 11) is 4.02. The number of likely N-dealkylation sites (N-methyl/N-ethyl adjacent to an activating group) is 1. The van der Waals surface area contributed by atoms with Gasteiger partial charge in [0.15, 0.2) is 11.6 Å². The summed E-state index contributed by atoms with van der Waals surface area (Å²) in [5, 5.41) is 3.24. The van der Waals surface area contributed by atoms with Crippen LogP contribution in [0.5, 0.6) is 0 Å². The molecule has 0 aliphatic heterocycles. The average molecular weight is 228 g/mol. The summed E-state index contributed by atoms with van der Waals surface area (Å²) in [5.74, 6) is -1.56. The first-order valence-corrected chi connectivity index (χ1v) is 5.39. The van der Waals surface area contributed by atoms with Crippen LogP contribution in [0.1, 0.15) is 5.56 Å². The Kier molecular flexibility index (Phi) is 5.35. The van der Waals surface area contributed by atoms with Crippen molar-refractivity contribution in [1.29, 1.82) is 0 Å². The molecule has 1 aromatic rings. The second kappa shape index (κ2) is 6.55. The molecule has 0 amide bonds. The van der Waals surface area contributed by atoms with Crippen molar-refractivity contribution < 1.29 is 8.78 Å². The number of nitrogens with one attached hydrogen (secondary N) is 1. The van der Waals surface area contributed by atoms with E-state index in [1.54, 1.807) is 6.07 Å². The van der Waals surface area contributed by atoms with Crippen LogP contribution >= 0.6 is 0 Å². The van der Waals surface area contributed by atoms with E-state index in [9.17, 15) is 8.78 Å². The normalized spacial score (nSPS) is 11.1. The van der Waals surface area contributed by atoms with Crippen LogP contribution in [0.3, 0.4) is 0 Å². The first kappa shape index (κ1) is 13.1. The lowest BCUT2D eigenvalue weighted by atomic mass is 10.1. The lowest BCUT2D eigenvalue weighted by Gasteiger charge is -2.10. The van der Waals surface area contributed by atoms with Gasteiger partial charge in [-0.05, 0) is 44.8 Å². The van der Waals surface area contributed by atoms with E-state index in [4.69, 9.17) is 0 Å². The zero-order valence-corrected chi connectivity index (χ0v) is 9.76. The van der Waals surface area contributed by atoms with Gasteiger partial charge in [0.2, 0.25) is 0 Å². The van der Waals surface area contributed by atoms with Crippen LogP contribution < -0.4 is 5.32 Å². The van der Waals surface area contributed by atoms with E-state index in [0.29, 0.717) is 6.42 Å². The smallest absolute Gasteiger partial charge is 0.159 e. The predicted molar refractivity (Wildman–Crippen MR) is 61.5 cm³/mol. The van der Waals surface area contributed by atoms with Gasteiger partial charge in [-0.15, -0.1) is 0 Å². The quantitative estimate of drug-likeness (QED) is 0.745. The summed E-state index contributed by atoms with van der Waals surface area (Å²) in [6.45, 7) is 2.65. The maximum Gasteiger partial charge on any atom is 0.159 e. The van der Waals surface area contributed by atoms with E-state index in [2.05, 4.69) is 10.2 Å². The van der Waals surface area contributed by atoms with E-state index >= 15 is 0 Å². The van der Waals surface area contributed by atoms with E-state index in [0.717, 1.165) is 25.2 Å². The third-order valence-corrected chi connectivity index (χ3v) is 2.31. The summed E-state index contributed by atoms with van der Waals surface area (Å²) in [5.41, 5.74) is 0.816. The van der Waals surface area contributed by atoms with Crippen LogP contribution in [0.15, 0.2) is 18.2 Å². The van der Waals surface area contributed by atoms with Crippen molar-refractivity contribution in [2.24, 2.45) is 0 Å². The zero-order valence-electron chi connectivity index (χ0n) is 9.76. The molecule has 90 valence electrons. The molecule has 1 N–H and O–H groups in total. The van der Waals surface area contributed by atoms with Gasteiger partial charge in [0, 0.05) is 13.1 Å². The molecule has 0 atom stereocenters. The number of rotatable bonds is 6. The van der Waals surface area contributed by atoms with Crippen molar-refractivity contribution >= 4 is 0 Å². The SMILES string of the molecule is CN(C)CCNCCc1ccc(F)c(F)c1. The van der Waals surface area contributed by atoms with Gasteiger partial charge in [-0.1, -0.05) is 6.07 Å². The third kappa shape index (κ3) is 4.68. The lowest BCUT2D eigenvalue weighted by molar-refractivity contribution is 0.401. The average Bonchev–Trinajstić information content (AvgIpc) is 2.22. The second-order valence-electron chi connectivity index (χ2n) is 4.05. The summed E-state index contributed by atoms with van der Waals surface area (Å²) in [6.07, 6.45) is 0.713. The molecular formula is C12H18F2N2. The number of halogens is 2. The number of hydrogen-bond donors (Lipinski definition) is 1. The first-order valence-electron chi connectivity index (χ1n) is 5.39.